The standard InChI is InChI=1S/C17H35N3/c1-4-11-18-14-17(9-5-6-10-17)15-20-12-7-8-16(13-20)19(2)3/h16,18H,4-15H2,1-3H3. The van der Waals surface area contributed by atoms with E-state index in [4.69, 9.17) is 0 Å². The Hall–Kier alpha value is -0.120. The molecule has 1 saturated heterocycles. The van der Waals surface area contributed by atoms with Crippen LogP contribution >= 0.6 is 0 Å². The highest BCUT2D eigenvalue weighted by molar-refractivity contribution is 4.91. The van der Waals surface area contributed by atoms with E-state index < -0.39 is 0 Å². The fourth-order valence-corrected chi connectivity index (χ4v) is 4.12. The van der Waals surface area contributed by atoms with E-state index in [9.17, 15) is 0 Å². The summed E-state index contributed by atoms with van der Waals surface area (Å²) < 4.78 is 0. The third kappa shape index (κ3) is 4.44. The third-order valence-corrected chi connectivity index (χ3v) is 5.36. The lowest BCUT2D eigenvalue weighted by Gasteiger charge is -2.41. The number of nitrogens with one attached hydrogen (secondary N) is 1. The monoisotopic (exact) mass is 281 g/mol. The molecule has 0 amide bonds. The van der Waals surface area contributed by atoms with Crippen LogP contribution in [0.2, 0.25) is 0 Å². The van der Waals surface area contributed by atoms with Gasteiger partial charge in [-0.15, -0.1) is 0 Å². The number of likely N-dealkylation sites (tertiary alicyclic amines) is 1. The van der Waals surface area contributed by atoms with Crippen LogP contribution < -0.4 is 5.32 Å². The van der Waals surface area contributed by atoms with Crippen molar-refractivity contribution >= 4 is 0 Å². The van der Waals surface area contributed by atoms with Crippen molar-refractivity contribution in [1.82, 2.24) is 15.1 Å². The van der Waals surface area contributed by atoms with Gasteiger partial charge in [0.25, 0.3) is 0 Å². The summed E-state index contributed by atoms with van der Waals surface area (Å²) in [6.45, 7) is 8.61. The van der Waals surface area contributed by atoms with Crippen molar-refractivity contribution in [2.45, 2.75) is 57.9 Å². The molecule has 0 aromatic heterocycles. The highest BCUT2D eigenvalue weighted by Crippen LogP contribution is 2.38. The first-order chi connectivity index (χ1) is 9.65. The normalized spacial score (nSPS) is 27.3. The summed E-state index contributed by atoms with van der Waals surface area (Å²) >= 11 is 0. The Morgan fingerprint density at radius 3 is 2.60 bits per heavy atom. The molecule has 1 saturated carbocycles. The minimum absolute atomic E-state index is 0.573. The molecule has 0 aromatic carbocycles. The first-order valence-corrected chi connectivity index (χ1v) is 8.75. The van der Waals surface area contributed by atoms with Gasteiger partial charge >= 0.3 is 0 Å². The first-order valence-electron chi connectivity index (χ1n) is 8.75. The first kappa shape index (κ1) is 16.3. The van der Waals surface area contributed by atoms with Crippen LogP contribution in [-0.2, 0) is 0 Å². The number of hydrogen-bond donors (Lipinski definition) is 1. The molecule has 0 radical (unpaired) electrons. The Morgan fingerprint density at radius 2 is 1.95 bits per heavy atom. The molecule has 0 bridgehead atoms. The summed E-state index contributed by atoms with van der Waals surface area (Å²) in [6.07, 6.45) is 9.77. The van der Waals surface area contributed by atoms with Gasteiger partial charge in [0.15, 0.2) is 0 Å². The second kappa shape index (κ2) is 7.77. The van der Waals surface area contributed by atoms with E-state index in [2.05, 4.69) is 36.1 Å². The highest BCUT2D eigenvalue weighted by Gasteiger charge is 2.36. The predicted octanol–water partition coefficient (Wildman–Crippen LogP) is 2.57. The molecule has 2 rings (SSSR count). The molecule has 118 valence electrons. The molecule has 1 atom stereocenters. The average Bonchev–Trinajstić information content (AvgIpc) is 2.88. The van der Waals surface area contributed by atoms with Crippen LogP contribution in [0.4, 0.5) is 0 Å². The molecule has 0 spiro atoms. The van der Waals surface area contributed by atoms with Crippen molar-refractivity contribution in [2.24, 2.45) is 5.41 Å². The molecule has 1 aliphatic heterocycles. The third-order valence-electron chi connectivity index (χ3n) is 5.36. The molecule has 0 aromatic rings. The van der Waals surface area contributed by atoms with Crippen LogP contribution in [0.15, 0.2) is 0 Å². The fraction of sp³-hybridized carbons (Fsp3) is 1.00. The molecule has 1 unspecified atom stereocenters. The number of likely N-dealkylation sites (N-methyl/N-ethyl adjacent to an activating group) is 1. The molecule has 3 heteroatoms. The minimum atomic E-state index is 0.573. The van der Waals surface area contributed by atoms with E-state index >= 15 is 0 Å². The van der Waals surface area contributed by atoms with Gasteiger partial charge in [-0.05, 0) is 64.7 Å². The van der Waals surface area contributed by atoms with Crippen LogP contribution in [0.5, 0.6) is 0 Å². The molecule has 20 heavy (non-hydrogen) atoms. The van der Waals surface area contributed by atoms with Crippen LogP contribution in [0, 0.1) is 5.41 Å². The Labute approximate surface area is 126 Å². The molecule has 3 nitrogen and oxygen atoms in total. The maximum absolute atomic E-state index is 3.70. The quantitative estimate of drug-likeness (QED) is 0.724. The van der Waals surface area contributed by atoms with Gasteiger partial charge in [0.2, 0.25) is 0 Å². The second-order valence-corrected chi connectivity index (χ2v) is 7.38. The zero-order valence-corrected chi connectivity index (χ0v) is 14.0. The molecular formula is C17H35N3. The van der Waals surface area contributed by atoms with Crippen molar-refractivity contribution in [3.05, 3.63) is 0 Å². The van der Waals surface area contributed by atoms with Crippen LogP contribution in [-0.4, -0.2) is 62.7 Å². The number of hydrogen-bond acceptors (Lipinski definition) is 3. The van der Waals surface area contributed by atoms with Gasteiger partial charge < -0.3 is 15.1 Å². The van der Waals surface area contributed by atoms with Gasteiger partial charge in [-0.1, -0.05) is 19.8 Å². The SMILES string of the molecule is CCCNCC1(CN2CCCC(N(C)C)C2)CCCC1. The van der Waals surface area contributed by atoms with Crippen molar-refractivity contribution < 1.29 is 0 Å². The lowest BCUT2D eigenvalue weighted by atomic mass is 9.84. The largest absolute Gasteiger partial charge is 0.316 e. The Balaban J connectivity index is 1.87. The van der Waals surface area contributed by atoms with Gasteiger partial charge in [0.1, 0.15) is 0 Å². The van der Waals surface area contributed by atoms with Crippen LogP contribution in [0.3, 0.4) is 0 Å². The Kier molecular flexibility index (Phi) is 6.31. The summed E-state index contributed by atoms with van der Waals surface area (Å²) in [7, 11) is 4.48. The zero-order chi connectivity index (χ0) is 14.4. The lowest BCUT2D eigenvalue weighted by molar-refractivity contribution is 0.0848. The van der Waals surface area contributed by atoms with Crippen LogP contribution in [0.1, 0.15) is 51.9 Å². The summed E-state index contributed by atoms with van der Waals surface area (Å²) in [6, 6.07) is 0.769. The van der Waals surface area contributed by atoms with Gasteiger partial charge in [-0.3, -0.25) is 0 Å². The van der Waals surface area contributed by atoms with Crippen molar-refractivity contribution in [3.63, 3.8) is 0 Å². The van der Waals surface area contributed by atoms with Crippen molar-refractivity contribution in [2.75, 3.05) is 46.8 Å². The van der Waals surface area contributed by atoms with Gasteiger partial charge in [-0.2, -0.15) is 0 Å². The molecule has 2 aliphatic rings. The molecule has 1 heterocycles. The van der Waals surface area contributed by atoms with Crippen molar-refractivity contribution in [3.8, 4) is 0 Å². The topological polar surface area (TPSA) is 18.5 Å². The van der Waals surface area contributed by atoms with E-state index in [-0.39, 0.29) is 0 Å². The molecule has 2 fully saturated rings. The summed E-state index contributed by atoms with van der Waals surface area (Å²) in [5.74, 6) is 0. The van der Waals surface area contributed by atoms with Gasteiger partial charge in [-0.25, -0.2) is 0 Å². The molecule has 1 N–H and O–H groups in total. The maximum atomic E-state index is 3.70. The summed E-state index contributed by atoms with van der Waals surface area (Å²) in [5.41, 5.74) is 0.573. The highest BCUT2D eigenvalue weighted by atomic mass is 15.2. The van der Waals surface area contributed by atoms with E-state index in [1.54, 1.807) is 0 Å². The van der Waals surface area contributed by atoms with E-state index in [1.807, 2.05) is 0 Å². The van der Waals surface area contributed by atoms with E-state index in [0.29, 0.717) is 5.41 Å². The number of nitrogens with zero attached hydrogens (tertiary/aromatic N) is 2. The smallest absolute Gasteiger partial charge is 0.0217 e. The van der Waals surface area contributed by atoms with Crippen LogP contribution in [0.25, 0.3) is 0 Å². The molecular weight excluding hydrogens is 246 g/mol. The average molecular weight is 281 g/mol. The summed E-state index contributed by atoms with van der Waals surface area (Å²) in [4.78, 5) is 5.18. The number of rotatable bonds is 7. The zero-order valence-electron chi connectivity index (χ0n) is 14.0. The Morgan fingerprint density at radius 1 is 1.20 bits per heavy atom. The minimum Gasteiger partial charge on any atom is -0.316 e. The fourth-order valence-electron chi connectivity index (χ4n) is 4.12. The van der Waals surface area contributed by atoms with E-state index in [0.717, 1.165) is 6.04 Å². The van der Waals surface area contributed by atoms with Gasteiger partial charge in [0, 0.05) is 25.7 Å². The second-order valence-electron chi connectivity index (χ2n) is 7.38. The Bertz CT molecular complexity index is 271. The summed E-state index contributed by atoms with van der Waals surface area (Å²) in [5, 5.41) is 3.70. The van der Waals surface area contributed by atoms with E-state index in [1.165, 1.54) is 77.7 Å². The molecule has 1 aliphatic carbocycles. The van der Waals surface area contributed by atoms with Crippen molar-refractivity contribution in [1.29, 1.82) is 0 Å². The number of piperidine rings is 1. The van der Waals surface area contributed by atoms with Gasteiger partial charge in [0.05, 0.1) is 0 Å². The maximum Gasteiger partial charge on any atom is 0.0217 e. The lowest BCUT2D eigenvalue weighted by Crippen LogP contribution is -2.50. The predicted molar refractivity (Wildman–Crippen MR) is 87.2 cm³/mol.